The van der Waals surface area contributed by atoms with E-state index < -0.39 is 5.97 Å². The maximum absolute atomic E-state index is 10.5. The minimum absolute atomic E-state index is 0.0146. The first kappa shape index (κ1) is 9.21. The summed E-state index contributed by atoms with van der Waals surface area (Å²) in [5, 5.41) is 8.62. The van der Waals surface area contributed by atoms with Crippen LogP contribution in [0.4, 0.5) is 0 Å². The topological polar surface area (TPSA) is 66.6 Å². The Morgan fingerprint density at radius 2 is 2.29 bits per heavy atom. The molecule has 0 atom stereocenters. The molecule has 1 aliphatic rings. The zero-order valence-corrected chi connectivity index (χ0v) is 7.77. The lowest BCUT2D eigenvalue weighted by atomic mass is 10.4. The largest absolute Gasteiger partial charge is 0.476 e. The lowest BCUT2D eigenvalue weighted by Gasteiger charge is -2.10. The number of hydrogen-bond acceptors (Lipinski definition) is 4. The summed E-state index contributed by atoms with van der Waals surface area (Å²) in [6, 6.07) is 0. The Kier molecular flexibility index (Phi) is 2.49. The second-order valence-corrected chi connectivity index (χ2v) is 3.41. The molecule has 1 aromatic heterocycles. The monoisotopic (exact) mass is 196 g/mol. The van der Waals surface area contributed by atoms with Gasteiger partial charge in [0.1, 0.15) is 6.26 Å². The molecule has 1 fully saturated rings. The predicted octanol–water partition coefficient (Wildman–Crippen LogP) is 0.969. The van der Waals surface area contributed by atoms with Crippen LogP contribution in [0.3, 0.4) is 0 Å². The van der Waals surface area contributed by atoms with Gasteiger partial charge in [0.05, 0.1) is 6.54 Å². The molecule has 1 aliphatic heterocycles. The molecule has 0 radical (unpaired) electrons. The lowest BCUT2D eigenvalue weighted by molar-refractivity contribution is 0.0690. The number of rotatable bonds is 3. The van der Waals surface area contributed by atoms with E-state index in [2.05, 4.69) is 9.88 Å². The SMILES string of the molecule is O=C(O)c1coc(CN2CCCC2)n1. The molecule has 0 aliphatic carbocycles. The van der Waals surface area contributed by atoms with Gasteiger partial charge in [-0.25, -0.2) is 9.78 Å². The summed E-state index contributed by atoms with van der Waals surface area (Å²) in [7, 11) is 0. The Labute approximate surface area is 81.3 Å². The number of nitrogens with zero attached hydrogens (tertiary/aromatic N) is 2. The predicted molar refractivity (Wildman–Crippen MR) is 48.0 cm³/mol. The molecular weight excluding hydrogens is 184 g/mol. The number of carboxylic acid groups (broad SMARTS) is 1. The van der Waals surface area contributed by atoms with Crippen molar-refractivity contribution in [2.75, 3.05) is 13.1 Å². The molecule has 0 aromatic carbocycles. The van der Waals surface area contributed by atoms with Crippen LogP contribution in [0.5, 0.6) is 0 Å². The molecule has 5 heteroatoms. The number of oxazole rings is 1. The van der Waals surface area contributed by atoms with Crippen LogP contribution >= 0.6 is 0 Å². The molecular formula is C9H12N2O3. The van der Waals surface area contributed by atoms with Crippen molar-refractivity contribution in [3.05, 3.63) is 17.8 Å². The van der Waals surface area contributed by atoms with E-state index in [4.69, 9.17) is 9.52 Å². The van der Waals surface area contributed by atoms with Gasteiger partial charge < -0.3 is 9.52 Å². The molecule has 14 heavy (non-hydrogen) atoms. The average molecular weight is 196 g/mol. The van der Waals surface area contributed by atoms with Crippen molar-refractivity contribution in [1.29, 1.82) is 0 Å². The number of carboxylic acids is 1. The molecule has 0 spiro atoms. The molecule has 1 saturated heterocycles. The smallest absolute Gasteiger partial charge is 0.357 e. The number of hydrogen-bond donors (Lipinski definition) is 1. The lowest BCUT2D eigenvalue weighted by Crippen LogP contribution is -2.18. The van der Waals surface area contributed by atoms with Crippen LogP contribution in [0.2, 0.25) is 0 Å². The number of likely N-dealkylation sites (tertiary alicyclic amines) is 1. The molecule has 76 valence electrons. The summed E-state index contributed by atoms with van der Waals surface area (Å²) in [4.78, 5) is 16.6. The van der Waals surface area contributed by atoms with E-state index in [-0.39, 0.29) is 5.69 Å². The van der Waals surface area contributed by atoms with E-state index in [1.165, 1.54) is 19.1 Å². The van der Waals surface area contributed by atoms with Gasteiger partial charge in [-0.05, 0) is 25.9 Å². The number of carbonyl (C=O) groups is 1. The highest BCUT2D eigenvalue weighted by Gasteiger charge is 2.16. The minimum Gasteiger partial charge on any atom is -0.476 e. The molecule has 0 bridgehead atoms. The first-order valence-corrected chi connectivity index (χ1v) is 4.66. The second kappa shape index (κ2) is 3.79. The fourth-order valence-electron chi connectivity index (χ4n) is 1.61. The van der Waals surface area contributed by atoms with Crippen LogP contribution in [0.15, 0.2) is 10.7 Å². The van der Waals surface area contributed by atoms with E-state index in [1.54, 1.807) is 0 Å². The molecule has 5 nitrogen and oxygen atoms in total. The van der Waals surface area contributed by atoms with Crippen molar-refractivity contribution in [2.45, 2.75) is 19.4 Å². The van der Waals surface area contributed by atoms with Gasteiger partial charge in [0.15, 0.2) is 5.69 Å². The van der Waals surface area contributed by atoms with Gasteiger partial charge in [-0.3, -0.25) is 4.90 Å². The fraction of sp³-hybridized carbons (Fsp3) is 0.556. The van der Waals surface area contributed by atoms with Crippen molar-refractivity contribution in [1.82, 2.24) is 9.88 Å². The summed E-state index contributed by atoms with van der Waals surface area (Å²) in [5.74, 6) is -0.550. The van der Waals surface area contributed by atoms with E-state index in [9.17, 15) is 4.79 Å². The minimum atomic E-state index is -1.04. The maximum atomic E-state index is 10.5. The van der Waals surface area contributed by atoms with Crippen LogP contribution in [0, 0.1) is 0 Å². The van der Waals surface area contributed by atoms with Crippen LogP contribution in [0.25, 0.3) is 0 Å². The number of aromatic carboxylic acids is 1. The first-order valence-electron chi connectivity index (χ1n) is 4.66. The summed E-state index contributed by atoms with van der Waals surface area (Å²) in [5.41, 5.74) is -0.0146. The average Bonchev–Trinajstić information content (AvgIpc) is 2.75. The summed E-state index contributed by atoms with van der Waals surface area (Å²) in [6.45, 7) is 2.71. The van der Waals surface area contributed by atoms with Crippen molar-refractivity contribution in [3.8, 4) is 0 Å². The molecule has 0 amide bonds. The molecule has 2 rings (SSSR count). The highest BCUT2D eigenvalue weighted by molar-refractivity contribution is 5.84. The van der Waals surface area contributed by atoms with Crippen molar-refractivity contribution in [3.63, 3.8) is 0 Å². The van der Waals surface area contributed by atoms with Gasteiger partial charge in [0.25, 0.3) is 0 Å². The summed E-state index contributed by atoms with van der Waals surface area (Å²) in [6.07, 6.45) is 3.59. The van der Waals surface area contributed by atoms with E-state index in [0.717, 1.165) is 13.1 Å². The van der Waals surface area contributed by atoms with Crippen LogP contribution < -0.4 is 0 Å². The Hall–Kier alpha value is -1.36. The molecule has 1 aromatic rings. The van der Waals surface area contributed by atoms with E-state index in [1.807, 2.05) is 0 Å². The van der Waals surface area contributed by atoms with Gasteiger partial charge in [0.2, 0.25) is 5.89 Å². The Morgan fingerprint density at radius 3 is 2.86 bits per heavy atom. The first-order chi connectivity index (χ1) is 6.75. The molecule has 2 heterocycles. The zero-order valence-electron chi connectivity index (χ0n) is 7.77. The van der Waals surface area contributed by atoms with Gasteiger partial charge in [-0.2, -0.15) is 0 Å². The van der Waals surface area contributed by atoms with Gasteiger partial charge >= 0.3 is 5.97 Å². The highest BCUT2D eigenvalue weighted by Crippen LogP contribution is 2.12. The van der Waals surface area contributed by atoms with Crippen LogP contribution in [0.1, 0.15) is 29.2 Å². The highest BCUT2D eigenvalue weighted by atomic mass is 16.4. The molecule has 1 N–H and O–H groups in total. The van der Waals surface area contributed by atoms with Crippen molar-refractivity contribution >= 4 is 5.97 Å². The third-order valence-corrected chi connectivity index (χ3v) is 2.33. The normalized spacial score (nSPS) is 17.4. The number of aromatic nitrogens is 1. The van der Waals surface area contributed by atoms with Crippen LogP contribution in [-0.4, -0.2) is 34.0 Å². The summed E-state index contributed by atoms with van der Waals surface area (Å²) >= 11 is 0. The van der Waals surface area contributed by atoms with Gasteiger partial charge in [-0.15, -0.1) is 0 Å². The Morgan fingerprint density at radius 1 is 1.57 bits per heavy atom. The summed E-state index contributed by atoms with van der Waals surface area (Å²) < 4.78 is 5.05. The standard InChI is InChI=1S/C9H12N2O3/c12-9(13)7-6-14-8(10-7)5-11-3-1-2-4-11/h6H,1-5H2,(H,12,13). The van der Waals surface area contributed by atoms with Gasteiger partial charge in [0, 0.05) is 0 Å². The van der Waals surface area contributed by atoms with Gasteiger partial charge in [-0.1, -0.05) is 0 Å². The molecule has 0 unspecified atom stereocenters. The van der Waals surface area contributed by atoms with Crippen molar-refractivity contribution in [2.24, 2.45) is 0 Å². The molecule has 0 saturated carbocycles. The van der Waals surface area contributed by atoms with Crippen molar-refractivity contribution < 1.29 is 14.3 Å². The Bertz CT molecular complexity index is 329. The Balaban J connectivity index is 1.98. The quantitative estimate of drug-likeness (QED) is 0.780. The second-order valence-electron chi connectivity index (χ2n) is 3.41. The third kappa shape index (κ3) is 1.93. The van der Waals surface area contributed by atoms with E-state index in [0.29, 0.717) is 12.4 Å². The third-order valence-electron chi connectivity index (χ3n) is 2.33. The van der Waals surface area contributed by atoms with E-state index >= 15 is 0 Å². The zero-order chi connectivity index (χ0) is 9.97. The maximum Gasteiger partial charge on any atom is 0.357 e. The fourth-order valence-corrected chi connectivity index (χ4v) is 1.61. The van der Waals surface area contributed by atoms with Crippen LogP contribution in [-0.2, 0) is 6.54 Å².